The molecule has 1 saturated heterocycles. The highest BCUT2D eigenvalue weighted by molar-refractivity contribution is 7.98. The highest BCUT2D eigenvalue weighted by Gasteiger charge is 2.33. The fraction of sp³-hybridized carbons (Fsp3) is 0.233. The molecule has 0 radical (unpaired) electrons. The van der Waals surface area contributed by atoms with Crippen molar-refractivity contribution in [3.8, 4) is 35.1 Å². The SMILES string of the molecule is CC1(C)OC[C@@H](COc2ccc(-c3c(C#N)c(N)nc(SCc4csc(Nc5ccc(C#N)cc5)n4)c3C#N)cc2)O1. The van der Waals surface area contributed by atoms with E-state index in [2.05, 4.69) is 33.5 Å². The Morgan fingerprint density at radius 3 is 2.43 bits per heavy atom. The molecule has 0 amide bonds. The molecule has 1 aliphatic heterocycles. The van der Waals surface area contributed by atoms with E-state index in [1.54, 1.807) is 36.4 Å². The molecule has 0 saturated carbocycles. The number of thioether (sulfide) groups is 1. The number of nitrogen functional groups attached to an aromatic ring is 1. The van der Waals surface area contributed by atoms with Gasteiger partial charge in [-0.25, -0.2) is 9.97 Å². The van der Waals surface area contributed by atoms with Gasteiger partial charge in [0.15, 0.2) is 10.9 Å². The van der Waals surface area contributed by atoms with Crippen molar-refractivity contribution in [1.82, 2.24) is 9.97 Å². The van der Waals surface area contributed by atoms with Crippen LogP contribution in [0.15, 0.2) is 58.9 Å². The van der Waals surface area contributed by atoms with Gasteiger partial charge in [0.1, 0.15) is 47.0 Å². The molecule has 12 heteroatoms. The zero-order chi connectivity index (χ0) is 29.7. The largest absolute Gasteiger partial charge is 0.491 e. The van der Waals surface area contributed by atoms with Crippen LogP contribution in [0.3, 0.4) is 0 Å². The number of thiazole rings is 1. The number of pyridine rings is 1. The lowest BCUT2D eigenvalue weighted by molar-refractivity contribution is -0.141. The molecule has 2 aromatic carbocycles. The van der Waals surface area contributed by atoms with E-state index >= 15 is 0 Å². The molecule has 210 valence electrons. The van der Waals surface area contributed by atoms with Crippen LogP contribution in [0.5, 0.6) is 5.75 Å². The van der Waals surface area contributed by atoms with Crippen molar-refractivity contribution in [2.75, 3.05) is 24.3 Å². The van der Waals surface area contributed by atoms with Gasteiger partial charge >= 0.3 is 0 Å². The second-order valence-electron chi connectivity index (χ2n) is 9.68. The Bertz CT molecular complexity index is 1720. The van der Waals surface area contributed by atoms with Crippen LogP contribution in [-0.2, 0) is 15.2 Å². The van der Waals surface area contributed by atoms with Crippen molar-refractivity contribution in [3.05, 3.63) is 76.3 Å². The third kappa shape index (κ3) is 6.63. The third-order valence-electron chi connectivity index (χ3n) is 6.24. The lowest BCUT2D eigenvalue weighted by Gasteiger charge is -2.17. The van der Waals surface area contributed by atoms with Crippen molar-refractivity contribution >= 4 is 39.7 Å². The van der Waals surface area contributed by atoms with E-state index in [9.17, 15) is 10.5 Å². The smallest absolute Gasteiger partial charge is 0.187 e. The molecule has 3 heterocycles. The van der Waals surface area contributed by atoms with Gasteiger partial charge in [0.2, 0.25) is 0 Å². The fourth-order valence-electron chi connectivity index (χ4n) is 4.27. The van der Waals surface area contributed by atoms with Crippen LogP contribution in [-0.4, -0.2) is 35.1 Å². The first-order valence-electron chi connectivity index (χ1n) is 12.8. The minimum Gasteiger partial charge on any atom is -0.491 e. The molecule has 5 rings (SSSR count). The summed E-state index contributed by atoms with van der Waals surface area (Å²) in [4.78, 5) is 9.00. The number of anilines is 3. The minimum absolute atomic E-state index is 0.0526. The van der Waals surface area contributed by atoms with Crippen LogP contribution in [0, 0.1) is 34.0 Å². The Labute approximate surface area is 251 Å². The van der Waals surface area contributed by atoms with E-state index in [0.29, 0.717) is 51.6 Å². The molecule has 0 bridgehead atoms. The molecule has 0 spiro atoms. The summed E-state index contributed by atoms with van der Waals surface area (Å²) in [5.41, 5.74) is 9.87. The maximum absolute atomic E-state index is 10.1. The molecule has 1 atom stereocenters. The number of nitrogens with zero attached hydrogens (tertiary/aromatic N) is 5. The highest BCUT2D eigenvalue weighted by atomic mass is 32.2. The van der Waals surface area contributed by atoms with Gasteiger partial charge in [-0.3, -0.25) is 0 Å². The molecule has 10 nitrogen and oxygen atoms in total. The van der Waals surface area contributed by atoms with E-state index < -0.39 is 5.79 Å². The molecule has 42 heavy (non-hydrogen) atoms. The van der Waals surface area contributed by atoms with E-state index in [1.807, 2.05) is 31.4 Å². The van der Waals surface area contributed by atoms with Gasteiger partial charge in [-0.2, -0.15) is 15.8 Å². The Morgan fingerprint density at radius 1 is 1.05 bits per heavy atom. The second kappa shape index (κ2) is 12.5. The Hall–Kier alpha value is -4.64. The summed E-state index contributed by atoms with van der Waals surface area (Å²) in [6, 6.07) is 20.7. The molecule has 3 N–H and O–H groups in total. The average Bonchev–Trinajstić information content (AvgIpc) is 3.60. The topological polar surface area (TPSA) is 163 Å². The van der Waals surface area contributed by atoms with Crippen molar-refractivity contribution in [2.24, 2.45) is 0 Å². The normalized spacial score (nSPS) is 15.4. The number of hydrogen-bond acceptors (Lipinski definition) is 12. The van der Waals surface area contributed by atoms with Crippen LogP contribution in [0.1, 0.15) is 36.2 Å². The summed E-state index contributed by atoms with van der Waals surface area (Å²) in [7, 11) is 0. The number of rotatable bonds is 9. The van der Waals surface area contributed by atoms with E-state index in [-0.39, 0.29) is 23.0 Å². The van der Waals surface area contributed by atoms with Gasteiger partial charge in [-0.1, -0.05) is 23.9 Å². The second-order valence-corrected chi connectivity index (χ2v) is 11.5. The molecule has 2 aromatic heterocycles. The molecule has 0 aliphatic carbocycles. The number of aromatic nitrogens is 2. The van der Waals surface area contributed by atoms with Gasteiger partial charge < -0.3 is 25.3 Å². The van der Waals surface area contributed by atoms with Crippen LogP contribution < -0.4 is 15.8 Å². The molecule has 1 fully saturated rings. The summed E-state index contributed by atoms with van der Waals surface area (Å²) < 4.78 is 17.2. The first kappa shape index (κ1) is 28.9. The molecule has 0 unspecified atom stereocenters. The first-order chi connectivity index (χ1) is 20.3. The lowest BCUT2D eigenvalue weighted by atomic mass is 9.97. The van der Waals surface area contributed by atoms with Gasteiger partial charge in [-0.05, 0) is 55.8 Å². The van der Waals surface area contributed by atoms with Crippen LogP contribution in [0.4, 0.5) is 16.6 Å². The summed E-state index contributed by atoms with van der Waals surface area (Å²) in [5.74, 6) is 0.488. The zero-order valence-corrected chi connectivity index (χ0v) is 24.4. The van der Waals surface area contributed by atoms with Crippen LogP contribution in [0.2, 0.25) is 0 Å². The fourth-order valence-corrected chi connectivity index (χ4v) is 5.99. The zero-order valence-electron chi connectivity index (χ0n) is 22.7. The number of nitrogens with one attached hydrogen (secondary N) is 1. The summed E-state index contributed by atoms with van der Waals surface area (Å²) >= 11 is 2.76. The van der Waals surface area contributed by atoms with E-state index in [4.69, 9.17) is 25.2 Å². The Morgan fingerprint density at radius 2 is 1.79 bits per heavy atom. The summed E-state index contributed by atoms with van der Waals surface area (Å²) in [6.45, 7) is 4.51. The maximum Gasteiger partial charge on any atom is 0.187 e. The molecular formula is C30H25N7O3S2. The Kier molecular flexibility index (Phi) is 8.58. The number of benzene rings is 2. The predicted octanol–water partition coefficient (Wildman–Crippen LogP) is 5.97. The van der Waals surface area contributed by atoms with Gasteiger partial charge in [-0.15, -0.1) is 11.3 Å². The quantitative estimate of drug-likeness (QED) is 0.219. The number of ether oxygens (including phenoxy) is 3. The van der Waals surface area contributed by atoms with Gasteiger partial charge in [0.25, 0.3) is 0 Å². The van der Waals surface area contributed by atoms with E-state index in [0.717, 1.165) is 11.4 Å². The highest BCUT2D eigenvalue weighted by Crippen LogP contribution is 2.37. The standard InChI is InChI=1S/C30H25N7O3S2/c1-30(2)39-15-23(40-30)14-38-22-9-5-19(6-10-22)26-24(12-32)27(34)37-28(25(26)13-33)41-16-21-17-42-29(36-21)35-20-7-3-18(11-31)4-8-20/h3-10,17,23H,14-16H2,1-2H3,(H2,34,37)(H,35,36)/t23-/m1/s1. The van der Waals surface area contributed by atoms with E-state index in [1.165, 1.54) is 23.1 Å². The van der Waals surface area contributed by atoms with Crippen LogP contribution >= 0.6 is 23.1 Å². The maximum atomic E-state index is 10.1. The summed E-state index contributed by atoms with van der Waals surface area (Å²) in [5, 5.41) is 35.2. The minimum atomic E-state index is -0.624. The van der Waals surface area contributed by atoms with Crippen molar-refractivity contribution < 1.29 is 14.2 Å². The lowest BCUT2D eigenvalue weighted by Crippen LogP contribution is -2.25. The van der Waals surface area contributed by atoms with Gasteiger partial charge in [0, 0.05) is 22.4 Å². The number of nitrogens with two attached hydrogens (primary N) is 1. The molecule has 4 aromatic rings. The first-order valence-corrected chi connectivity index (χ1v) is 14.7. The molecular weight excluding hydrogens is 571 g/mol. The van der Waals surface area contributed by atoms with Crippen molar-refractivity contribution in [1.29, 1.82) is 15.8 Å². The Balaban J connectivity index is 1.31. The average molecular weight is 596 g/mol. The summed E-state index contributed by atoms with van der Waals surface area (Å²) in [6.07, 6.45) is -0.171. The van der Waals surface area contributed by atoms with Crippen LogP contribution in [0.25, 0.3) is 11.1 Å². The molecule has 1 aliphatic rings. The monoisotopic (exact) mass is 595 g/mol. The van der Waals surface area contributed by atoms with Gasteiger partial charge in [0.05, 0.1) is 29.5 Å². The number of hydrogen-bond donors (Lipinski definition) is 2. The van der Waals surface area contributed by atoms with Crippen molar-refractivity contribution in [2.45, 2.75) is 36.5 Å². The predicted molar refractivity (Wildman–Crippen MR) is 160 cm³/mol. The number of nitriles is 3. The third-order valence-corrected chi connectivity index (χ3v) is 8.05. The van der Waals surface area contributed by atoms with Crippen molar-refractivity contribution in [3.63, 3.8) is 0 Å².